The fourth-order valence-electron chi connectivity index (χ4n) is 6.61. The molecule has 0 amide bonds. The summed E-state index contributed by atoms with van der Waals surface area (Å²) in [5, 5.41) is 26.6. The normalized spacial score (nSPS) is 31.5. The van der Waals surface area contributed by atoms with Crippen molar-refractivity contribution in [2.24, 2.45) is 5.92 Å². The molecule has 1 aliphatic heterocycles. The topological polar surface area (TPSA) is 92.9 Å². The number of aliphatic hydroxyl groups is 1. The lowest BCUT2D eigenvalue weighted by atomic mass is 9.63. The van der Waals surface area contributed by atoms with Crippen molar-refractivity contribution >= 4 is 6.29 Å². The summed E-state index contributed by atoms with van der Waals surface area (Å²) in [6.07, 6.45) is 1.33. The van der Waals surface area contributed by atoms with Crippen molar-refractivity contribution in [2.45, 2.75) is 102 Å². The van der Waals surface area contributed by atoms with E-state index in [1.165, 1.54) is 0 Å². The zero-order valence-corrected chi connectivity index (χ0v) is 22.8. The molecule has 6 atom stereocenters. The number of piperidine rings is 1. The predicted molar refractivity (Wildman–Crippen MR) is 143 cm³/mol. The first-order valence-corrected chi connectivity index (χ1v) is 13.2. The van der Waals surface area contributed by atoms with Crippen LogP contribution in [0.1, 0.15) is 81.0 Å². The number of hydroxylamine groups is 2. The number of rotatable bonds is 6. The SMILES string of the molecule is Cc1ccc([C@@H]2[C@@H](C=O)[C@H](O)[C@@H](ON3C(C)(C)CCCC3(C)C)[C@@H](c3ccc(C)cc3)[C@H]2[N+](=O)[O-])cc1. The fourth-order valence-corrected chi connectivity index (χ4v) is 6.61. The second kappa shape index (κ2) is 10.3. The zero-order chi connectivity index (χ0) is 27.1. The molecule has 2 aromatic carbocycles. The summed E-state index contributed by atoms with van der Waals surface area (Å²) in [7, 11) is 0. The molecule has 0 unspecified atom stereocenters. The predicted octanol–water partition coefficient (Wildman–Crippen LogP) is 5.35. The van der Waals surface area contributed by atoms with E-state index < -0.39 is 36.0 Å². The minimum absolute atomic E-state index is 0.278. The van der Waals surface area contributed by atoms with E-state index in [1.807, 2.05) is 67.4 Å². The average Bonchev–Trinajstić information content (AvgIpc) is 2.82. The largest absolute Gasteiger partial charge is 0.390 e. The van der Waals surface area contributed by atoms with Gasteiger partial charge in [0.2, 0.25) is 6.04 Å². The van der Waals surface area contributed by atoms with E-state index in [0.717, 1.165) is 36.0 Å². The lowest BCUT2D eigenvalue weighted by Gasteiger charge is -2.55. The number of aliphatic hydroxyl groups excluding tert-OH is 1. The molecule has 0 radical (unpaired) electrons. The van der Waals surface area contributed by atoms with Crippen LogP contribution in [-0.2, 0) is 9.63 Å². The van der Waals surface area contributed by atoms with Gasteiger partial charge in [0.1, 0.15) is 12.4 Å². The Morgan fingerprint density at radius 1 is 0.919 bits per heavy atom. The van der Waals surface area contributed by atoms with E-state index in [0.29, 0.717) is 11.8 Å². The molecule has 4 rings (SSSR count). The Morgan fingerprint density at radius 2 is 1.38 bits per heavy atom. The van der Waals surface area contributed by atoms with Crippen LogP contribution in [0.3, 0.4) is 0 Å². The van der Waals surface area contributed by atoms with Crippen molar-refractivity contribution in [3.05, 3.63) is 80.9 Å². The molecule has 7 nitrogen and oxygen atoms in total. The molecule has 200 valence electrons. The Morgan fingerprint density at radius 3 is 1.81 bits per heavy atom. The number of carbonyl (C=O) groups is 1. The Bertz CT molecular complexity index is 1100. The van der Waals surface area contributed by atoms with E-state index in [-0.39, 0.29) is 16.0 Å². The van der Waals surface area contributed by atoms with Crippen LogP contribution in [0.4, 0.5) is 0 Å². The molecule has 2 aliphatic rings. The Hall–Kier alpha value is -2.61. The van der Waals surface area contributed by atoms with E-state index >= 15 is 0 Å². The number of aldehydes is 1. The summed E-state index contributed by atoms with van der Waals surface area (Å²) in [5.41, 5.74) is 2.78. The van der Waals surface area contributed by atoms with Crippen molar-refractivity contribution in [1.29, 1.82) is 0 Å². The number of hydrogen-bond acceptors (Lipinski definition) is 6. The summed E-state index contributed by atoms with van der Waals surface area (Å²) < 4.78 is 0. The van der Waals surface area contributed by atoms with Crippen molar-refractivity contribution in [1.82, 2.24) is 5.06 Å². The second-order valence-corrected chi connectivity index (χ2v) is 12.2. The third kappa shape index (κ3) is 5.22. The molecule has 2 aromatic rings. The minimum Gasteiger partial charge on any atom is -0.390 e. The first-order chi connectivity index (χ1) is 17.4. The molecule has 0 spiro atoms. The number of nitrogens with zero attached hydrogens (tertiary/aromatic N) is 2. The molecule has 0 bridgehead atoms. The van der Waals surface area contributed by atoms with Gasteiger partial charge in [-0.3, -0.25) is 15.0 Å². The van der Waals surface area contributed by atoms with E-state index in [9.17, 15) is 20.0 Å². The number of benzene rings is 2. The standard InChI is InChI=1S/C30H40N2O5/c1-19-8-12-21(13-9-19)24-23(18-33)27(34)28(37-32-29(3,4)16-7-17-30(32,5)6)25(26(24)31(35)36)22-14-10-20(2)11-15-22/h8-15,18,23-28,34H,7,16-17H2,1-6H3/t23-,24-,25+,26+,27+,28+/m1/s1. The molecular weight excluding hydrogens is 468 g/mol. The van der Waals surface area contributed by atoms with E-state index in [1.54, 1.807) is 0 Å². The average molecular weight is 509 g/mol. The first-order valence-electron chi connectivity index (χ1n) is 13.2. The molecule has 1 aliphatic carbocycles. The van der Waals surface area contributed by atoms with Crippen LogP contribution in [-0.4, -0.2) is 50.7 Å². The first kappa shape index (κ1) is 27.4. The summed E-state index contributed by atoms with van der Waals surface area (Å²) in [5.74, 6) is -2.54. The molecular formula is C30H40N2O5. The fraction of sp³-hybridized carbons (Fsp3) is 0.567. The smallest absolute Gasteiger partial charge is 0.230 e. The lowest BCUT2D eigenvalue weighted by Crippen LogP contribution is -2.64. The third-order valence-electron chi connectivity index (χ3n) is 8.46. The van der Waals surface area contributed by atoms with Crippen LogP contribution >= 0.6 is 0 Å². The van der Waals surface area contributed by atoms with Gasteiger partial charge in [0, 0.05) is 16.0 Å². The third-order valence-corrected chi connectivity index (χ3v) is 8.46. The molecule has 0 aromatic heterocycles. The summed E-state index contributed by atoms with van der Waals surface area (Å²) in [4.78, 5) is 31.8. The molecule has 7 heteroatoms. The second-order valence-electron chi connectivity index (χ2n) is 12.2. The Kier molecular flexibility index (Phi) is 7.62. The summed E-state index contributed by atoms with van der Waals surface area (Å²) >= 11 is 0. The lowest BCUT2D eigenvalue weighted by molar-refractivity contribution is -0.542. The van der Waals surface area contributed by atoms with Crippen LogP contribution in [0.25, 0.3) is 0 Å². The van der Waals surface area contributed by atoms with Gasteiger partial charge in [0.25, 0.3) is 0 Å². The number of hydrogen-bond donors (Lipinski definition) is 1. The summed E-state index contributed by atoms with van der Waals surface area (Å²) in [6.45, 7) is 12.3. The van der Waals surface area contributed by atoms with Crippen molar-refractivity contribution < 1.29 is 19.7 Å². The van der Waals surface area contributed by atoms with E-state index in [2.05, 4.69) is 27.7 Å². The van der Waals surface area contributed by atoms with Gasteiger partial charge in [0.05, 0.1) is 23.9 Å². The van der Waals surface area contributed by atoms with Gasteiger partial charge in [-0.25, -0.2) is 0 Å². The summed E-state index contributed by atoms with van der Waals surface area (Å²) in [6, 6.07) is 13.9. The highest BCUT2D eigenvalue weighted by Gasteiger charge is 2.59. The van der Waals surface area contributed by atoms with Crippen LogP contribution in [0.15, 0.2) is 48.5 Å². The van der Waals surface area contributed by atoms with Crippen molar-refractivity contribution in [3.63, 3.8) is 0 Å². The van der Waals surface area contributed by atoms with Gasteiger partial charge in [-0.15, -0.1) is 0 Å². The van der Waals surface area contributed by atoms with Gasteiger partial charge in [-0.1, -0.05) is 59.7 Å². The highest BCUT2D eigenvalue weighted by atomic mass is 16.7. The maximum absolute atomic E-state index is 12.9. The Labute approximate surface area is 219 Å². The van der Waals surface area contributed by atoms with Crippen molar-refractivity contribution in [3.8, 4) is 0 Å². The van der Waals surface area contributed by atoms with Gasteiger partial charge < -0.3 is 9.90 Å². The molecule has 1 saturated heterocycles. The molecule has 1 saturated carbocycles. The molecule has 1 heterocycles. The van der Waals surface area contributed by atoms with E-state index in [4.69, 9.17) is 4.84 Å². The van der Waals surface area contributed by atoms with Crippen molar-refractivity contribution in [2.75, 3.05) is 0 Å². The maximum Gasteiger partial charge on any atom is 0.230 e. The highest BCUT2D eigenvalue weighted by Crippen LogP contribution is 2.49. The van der Waals surface area contributed by atoms with Crippen LogP contribution in [0, 0.1) is 29.9 Å². The van der Waals surface area contributed by atoms with Gasteiger partial charge in [-0.2, -0.15) is 5.06 Å². The monoisotopic (exact) mass is 508 g/mol. The minimum atomic E-state index is -1.22. The van der Waals surface area contributed by atoms with Crippen LogP contribution < -0.4 is 0 Å². The number of carbonyl (C=O) groups excluding carboxylic acids is 1. The number of nitro groups is 1. The highest BCUT2D eigenvalue weighted by molar-refractivity contribution is 5.59. The van der Waals surface area contributed by atoms with Crippen LogP contribution in [0.2, 0.25) is 0 Å². The van der Waals surface area contributed by atoms with Crippen LogP contribution in [0.5, 0.6) is 0 Å². The van der Waals surface area contributed by atoms with Gasteiger partial charge >= 0.3 is 0 Å². The number of aryl methyl sites for hydroxylation is 2. The Balaban J connectivity index is 1.88. The molecule has 37 heavy (non-hydrogen) atoms. The van der Waals surface area contributed by atoms with Gasteiger partial charge in [-0.05, 0) is 71.9 Å². The van der Waals surface area contributed by atoms with Gasteiger partial charge in [0.15, 0.2) is 0 Å². The quantitative estimate of drug-likeness (QED) is 0.321. The molecule has 2 fully saturated rings. The maximum atomic E-state index is 12.9. The molecule has 1 N–H and O–H groups in total. The zero-order valence-electron chi connectivity index (χ0n) is 22.8.